The Labute approximate surface area is 112 Å². The molecule has 1 rings (SSSR count). The third-order valence-corrected chi connectivity index (χ3v) is 4.04. The van der Waals surface area contributed by atoms with Crippen molar-refractivity contribution in [3.05, 3.63) is 0 Å². The zero-order chi connectivity index (χ0) is 13.4. The van der Waals surface area contributed by atoms with E-state index < -0.39 is 7.12 Å². The normalized spacial score (nSPS) is 22.3. The lowest BCUT2D eigenvalue weighted by atomic mass is 9.83. The van der Waals surface area contributed by atoms with Crippen LogP contribution in [0.5, 0.6) is 0 Å². The Kier molecular flexibility index (Phi) is 7.90. The van der Waals surface area contributed by atoms with Gasteiger partial charge in [0, 0.05) is 12.1 Å². The molecular formula is C13H29BN2O2. The van der Waals surface area contributed by atoms with Crippen LogP contribution in [0.4, 0.5) is 0 Å². The second-order valence-corrected chi connectivity index (χ2v) is 5.55. The van der Waals surface area contributed by atoms with Crippen LogP contribution in [0.25, 0.3) is 0 Å². The van der Waals surface area contributed by atoms with Gasteiger partial charge in [-0.05, 0) is 51.5 Å². The van der Waals surface area contributed by atoms with E-state index in [4.69, 9.17) is 15.8 Å². The lowest BCUT2D eigenvalue weighted by Crippen LogP contribution is -2.33. The molecule has 106 valence electrons. The average Bonchev–Trinajstić information content (AvgIpc) is 2.79. The van der Waals surface area contributed by atoms with E-state index in [1.807, 2.05) is 0 Å². The summed E-state index contributed by atoms with van der Waals surface area (Å²) in [6, 6.07) is 1.04. The van der Waals surface area contributed by atoms with E-state index in [0.717, 1.165) is 38.3 Å². The number of nitrogens with zero attached hydrogens (tertiary/aromatic N) is 1. The predicted octanol–water partition coefficient (Wildman–Crippen LogP) is 1.22. The van der Waals surface area contributed by atoms with Crippen molar-refractivity contribution in [2.75, 3.05) is 13.1 Å². The Morgan fingerprint density at radius 2 is 2.11 bits per heavy atom. The van der Waals surface area contributed by atoms with Crippen molar-refractivity contribution in [1.82, 2.24) is 4.90 Å². The smallest absolute Gasteiger partial charge is 0.427 e. The molecule has 0 bridgehead atoms. The molecule has 0 aromatic carbocycles. The van der Waals surface area contributed by atoms with Crippen molar-refractivity contribution in [1.29, 1.82) is 0 Å². The van der Waals surface area contributed by atoms with E-state index in [9.17, 15) is 0 Å². The minimum Gasteiger partial charge on any atom is -0.427 e. The summed E-state index contributed by atoms with van der Waals surface area (Å²) in [5.74, 6) is 0. The van der Waals surface area contributed by atoms with Crippen LogP contribution >= 0.6 is 0 Å². The molecule has 1 aliphatic heterocycles. The largest absolute Gasteiger partial charge is 0.451 e. The molecule has 1 fully saturated rings. The maximum Gasteiger partial charge on any atom is 0.451 e. The molecule has 0 saturated carbocycles. The number of rotatable bonds is 9. The number of unbranched alkanes of at least 4 members (excludes halogenated alkanes) is 1. The van der Waals surface area contributed by atoms with Gasteiger partial charge in [0.1, 0.15) is 0 Å². The van der Waals surface area contributed by atoms with Crippen molar-refractivity contribution in [2.45, 2.75) is 70.3 Å². The van der Waals surface area contributed by atoms with Gasteiger partial charge < -0.3 is 20.7 Å². The molecule has 0 spiro atoms. The van der Waals surface area contributed by atoms with Gasteiger partial charge in [0.2, 0.25) is 0 Å². The van der Waals surface area contributed by atoms with Gasteiger partial charge in [-0.15, -0.1) is 0 Å². The van der Waals surface area contributed by atoms with E-state index in [1.54, 1.807) is 0 Å². The van der Waals surface area contributed by atoms with Crippen LogP contribution in [0.1, 0.15) is 51.9 Å². The second kappa shape index (κ2) is 8.91. The maximum atomic E-state index is 8.74. The molecule has 0 aliphatic carbocycles. The molecule has 1 saturated heterocycles. The molecule has 1 unspecified atom stereocenters. The Hall–Kier alpha value is -0.0951. The second-order valence-electron chi connectivity index (χ2n) is 5.55. The van der Waals surface area contributed by atoms with Gasteiger partial charge in [-0.2, -0.15) is 0 Å². The number of nitrogens with two attached hydrogens (primary N) is 1. The van der Waals surface area contributed by atoms with Gasteiger partial charge in [0.25, 0.3) is 0 Å². The summed E-state index contributed by atoms with van der Waals surface area (Å²) >= 11 is 0. The highest BCUT2D eigenvalue weighted by Crippen LogP contribution is 2.20. The summed E-state index contributed by atoms with van der Waals surface area (Å²) in [5.41, 5.74) is 6.10. The minimum absolute atomic E-state index is 0.263. The number of hydrogen-bond donors (Lipinski definition) is 3. The first kappa shape index (κ1) is 16.0. The maximum absolute atomic E-state index is 8.74. The summed E-state index contributed by atoms with van der Waals surface area (Å²) in [6.07, 6.45) is 8.32. The first-order valence-corrected chi connectivity index (χ1v) is 7.49. The van der Waals surface area contributed by atoms with Gasteiger partial charge in [0.05, 0.1) is 0 Å². The standard InChI is InChI=1S/C13H29BN2O2/c1-2-13-7-5-10-16(13)11-8-12(15)6-3-4-9-14(17)18/h12-13,17-18H,2-11,15H2,1H3/t12?,13-/m1/s1. The topological polar surface area (TPSA) is 69.7 Å². The molecular weight excluding hydrogens is 227 g/mol. The average molecular weight is 256 g/mol. The third-order valence-electron chi connectivity index (χ3n) is 4.04. The third kappa shape index (κ3) is 6.18. The summed E-state index contributed by atoms with van der Waals surface area (Å²) in [7, 11) is -1.16. The van der Waals surface area contributed by atoms with Gasteiger partial charge >= 0.3 is 7.12 Å². The fourth-order valence-corrected chi connectivity index (χ4v) is 2.86. The quantitative estimate of drug-likeness (QED) is 0.428. The van der Waals surface area contributed by atoms with Gasteiger partial charge in [-0.1, -0.05) is 19.8 Å². The van der Waals surface area contributed by atoms with Crippen LogP contribution in [-0.2, 0) is 0 Å². The zero-order valence-electron chi connectivity index (χ0n) is 11.7. The molecule has 4 N–H and O–H groups in total. The van der Waals surface area contributed by atoms with Gasteiger partial charge in [0.15, 0.2) is 0 Å². The first-order valence-electron chi connectivity index (χ1n) is 7.49. The monoisotopic (exact) mass is 256 g/mol. The lowest BCUT2D eigenvalue weighted by Gasteiger charge is -2.24. The summed E-state index contributed by atoms with van der Waals surface area (Å²) < 4.78 is 0. The van der Waals surface area contributed by atoms with Gasteiger partial charge in [-0.3, -0.25) is 0 Å². The van der Waals surface area contributed by atoms with E-state index in [1.165, 1.54) is 25.8 Å². The summed E-state index contributed by atoms with van der Waals surface area (Å²) in [4.78, 5) is 2.58. The van der Waals surface area contributed by atoms with Crippen LogP contribution < -0.4 is 5.73 Å². The lowest BCUT2D eigenvalue weighted by molar-refractivity contribution is 0.237. The van der Waals surface area contributed by atoms with Crippen LogP contribution in [0.3, 0.4) is 0 Å². The Morgan fingerprint density at radius 1 is 1.33 bits per heavy atom. The van der Waals surface area contributed by atoms with Crippen molar-refractivity contribution in [3.63, 3.8) is 0 Å². The number of hydrogen-bond acceptors (Lipinski definition) is 4. The van der Waals surface area contributed by atoms with Crippen LogP contribution in [-0.4, -0.2) is 47.2 Å². The fourth-order valence-electron chi connectivity index (χ4n) is 2.86. The molecule has 0 amide bonds. The number of likely N-dealkylation sites (tertiary alicyclic amines) is 1. The van der Waals surface area contributed by atoms with Crippen LogP contribution in [0.2, 0.25) is 6.32 Å². The minimum atomic E-state index is -1.16. The zero-order valence-corrected chi connectivity index (χ0v) is 11.7. The molecule has 1 aliphatic rings. The Morgan fingerprint density at radius 3 is 2.78 bits per heavy atom. The molecule has 4 nitrogen and oxygen atoms in total. The van der Waals surface area contributed by atoms with E-state index in [0.29, 0.717) is 6.32 Å². The molecule has 1 heterocycles. The summed E-state index contributed by atoms with van der Waals surface area (Å²) in [6.45, 7) is 4.63. The predicted molar refractivity (Wildman–Crippen MR) is 76.3 cm³/mol. The van der Waals surface area contributed by atoms with Crippen LogP contribution in [0.15, 0.2) is 0 Å². The summed E-state index contributed by atoms with van der Waals surface area (Å²) in [5, 5.41) is 17.5. The highest BCUT2D eigenvalue weighted by molar-refractivity contribution is 6.40. The van der Waals surface area contributed by atoms with Crippen molar-refractivity contribution in [3.8, 4) is 0 Å². The Bertz CT molecular complexity index is 217. The van der Waals surface area contributed by atoms with E-state index in [2.05, 4.69) is 11.8 Å². The van der Waals surface area contributed by atoms with Crippen molar-refractivity contribution < 1.29 is 10.0 Å². The van der Waals surface area contributed by atoms with E-state index >= 15 is 0 Å². The highest BCUT2D eigenvalue weighted by Gasteiger charge is 2.22. The highest BCUT2D eigenvalue weighted by atomic mass is 16.4. The molecule has 0 radical (unpaired) electrons. The van der Waals surface area contributed by atoms with Crippen LogP contribution in [0, 0.1) is 0 Å². The molecule has 18 heavy (non-hydrogen) atoms. The van der Waals surface area contributed by atoms with E-state index in [-0.39, 0.29) is 6.04 Å². The first-order chi connectivity index (χ1) is 8.63. The fraction of sp³-hybridized carbons (Fsp3) is 1.00. The van der Waals surface area contributed by atoms with Gasteiger partial charge in [-0.25, -0.2) is 0 Å². The Balaban J connectivity index is 2.04. The molecule has 2 atom stereocenters. The SMILES string of the molecule is CC[C@@H]1CCCN1CCC(N)CCCCB(O)O. The van der Waals surface area contributed by atoms with Crippen molar-refractivity contribution >= 4 is 7.12 Å². The van der Waals surface area contributed by atoms with Crippen molar-refractivity contribution in [2.24, 2.45) is 5.73 Å². The molecule has 0 aromatic heterocycles. The molecule has 0 aromatic rings. The molecule has 5 heteroatoms.